The Kier molecular flexibility index (Phi) is 10.4. The fourth-order valence-corrected chi connectivity index (χ4v) is 4.73. The first kappa shape index (κ1) is 27.4. The number of aliphatic hydroxyl groups is 2. The second-order valence-corrected chi connectivity index (χ2v) is 10.2. The van der Waals surface area contributed by atoms with Gasteiger partial charge in [0.15, 0.2) is 22.6 Å². The fraction of sp³-hybridized carbons (Fsp3) is 0.600. The summed E-state index contributed by atoms with van der Waals surface area (Å²) in [5.41, 5.74) is 9.64. The van der Waals surface area contributed by atoms with E-state index in [2.05, 4.69) is 27.3 Å². The monoisotopic (exact) mass is 507 g/mol. The van der Waals surface area contributed by atoms with E-state index in [4.69, 9.17) is 5.53 Å². The number of thioether (sulfide) groups is 1. The molecular weight excluding hydrogens is 472 g/mol. The number of nitrogens with one attached hydrogen (secondary N) is 2. The molecule has 3 rings (SSSR count). The highest BCUT2D eigenvalue weighted by Crippen LogP contribution is 2.44. The molecule has 1 aromatic heterocycles. The quantitative estimate of drug-likeness (QED) is 0.0999. The normalized spacial score (nSPS) is 18.8. The van der Waals surface area contributed by atoms with Crippen LogP contribution in [0.3, 0.4) is 0 Å². The Morgan fingerprint density at radius 3 is 2.63 bits per heavy atom. The third-order valence-corrected chi connectivity index (χ3v) is 7.24. The predicted octanol–water partition coefficient (Wildman–Crippen LogP) is 6.12. The lowest BCUT2D eigenvalue weighted by Crippen LogP contribution is -2.21. The number of hydrogen-bond acceptors (Lipinski definition) is 8. The largest absolute Gasteiger partial charge is 0.391 e. The molecule has 1 aromatic carbocycles. The molecule has 2 aromatic rings. The van der Waals surface area contributed by atoms with Crippen LogP contribution < -0.4 is 5.32 Å². The van der Waals surface area contributed by atoms with Crippen molar-refractivity contribution in [3.8, 4) is 0 Å². The number of benzene rings is 1. The van der Waals surface area contributed by atoms with Crippen molar-refractivity contribution in [1.29, 1.82) is 5.53 Å². The molecule has 0 spiro atoms. The maximum atomic E-state index is 13.7. The van der Waals surface area contributed by atoms with Crippen molar-refractivity contribution in [2.45, 2.75) is 94.5 Å². The Bertz CT molecular complexity index is 995. The van der Waals surface area contributed by atoms with Crippen LogP contribution in [0.4, 0.5) is 20.3 Å². The standard InChI is InChI=1S/C25H35F2N5O2S/c1-3-12-35-25-30-20(8-6-4-5-7-9-22(34)15(2)33)23(32-28)24(31-25)29-21-14-17(21)16-10-11-18(26)19(27)13-16/h10-11,13,15,17,21-22,28,33-34H,3-9,12,14H2,1-2H3,(H,29,30,31)/t15-,17+,21-,22-/m1/s1. The zero-order valence-corrected chi connectivity index (χ0v) is 21.1. The van der Waals surface area contributed by atoms with Crippen molar-refractivity contribution in [1.82, 2.24) is 9.97 Å². The van der Waals surface area contributed by atoms with Gasteiger partial charge in [-0.3, -0.25) is 0 Å². The van der Waals surface area contributed by atoms with Crippen LogP contribution in [-0.4, -0.2) is 44.2 Å². The second-order valence-electron chi connectivity index (χ2n) is 9.14. The molecule has 35 heavy (non-hydrogen) atoms. The number of aryl methyl sites for hydroxylation is 1. The third kappa shape index (κ3) is 7.91. The molecule has 7 nitrogen and oxygen atoms in total. The second kappa shape index (κ2) is 13.2. The highest BCUT2D eigenvalue weighted by Gasteiger charge is 2.39. The Hall–Kier alpha value is -2.17. The van der Waals surface area contributed by atoms with Gasteiger partial charge in [-0.25, -0.2) is 24.3 Å². The molecule has 192 valence electrons. The van der Waals surface area contributed by atoms with E-state index in [9.17, 15) is 19.0 Å². The number of anilines is 1. The summed E-state index contributed by atoms with van der Waals surface area (Å²) in [7, 11) is 0. The third-order valence-electron chi connectivity index (χ3n) is 6.19. The lowest BCUT2D eigenvalue weighted by molar-refractivity contribution is 0.0247. The number of aromatic nitrogens is 2. The van der Waals surface area contributed by atoms with Crippen molar-refractivity contribution < 1.29 is 19.0 Å². The van der Waals surface area contributed by atoms with Crippen LogP contribution >= 0.6 is 11.8 Å². The minimum Gasteiger partial charge on any atom is -0.391 e. The molecule has 0 aliphatic heterocycles. The average Bonchev–Trinajstić information content (AvgIpc) is 3.60. The molecule has 1 fully saturated rings. The van der Waals surface area contributed by atoms with Crippen LogP contribution in [0.5, 0.6) is 0 Å². The first-order chi connectivity index (χ1) is 16.8. The molecular formula is C25H35F2N5O2S. The van der Waals surface area contributed by atoms with Crippen LogP contribution in [0.15, 0.2) is 28.5 Å². The van der Waals surface area contributed by atoms with Gasteiger partial charge in [0.1, 0.15) is 5.69 Å². The summed E-state index contributed by atoms with van der Waals surface area (Å²) in [4.78, 5) is 9.29. The van der Waals surface area contributed by atoms with E-state index in [1.165, 1.54) is 6.07 Å². The molecule has 0 bridgehead atoms. The van der Waals surface area contributed by atoms with Crippen LogP contribution in [0, 0.1) is 17.2 Å². The Labute approximate surface area is 209 Å². The molecule has 1 aliphatic rings. The number of nitrogens with zero attached hydrogens (tertiary/aromatic N) is 3. The van der Waals surface area contributed by atoms with Crippen LogP contribution in [0.1, 0.15) is 76.0 Å². The van der Waals surface area contributed by atoms with Crippen molar-refractivity contribution in [2.24, 2.45) is 5.11 Å². The molecule has 1 aliphatic carbocycles. The van der Waals surface area contributed by atoms with Gasteiger partial charge in [-0.15, -0.1) is 0 Å². The number of aliphatic hydroxyl groups excluding tert-OH is 2. The summed E-state index contributed by atoms with van der Waals surface area (Å²) in [5.74, 6) is -0.267. The minimum atomic E-state index is -0.855. The SMILES string of the molecule is CCCSc1nc(CCCCCC[C@@H](O)[C@@H](C)O)c(N=N)c(N[C@@H]2C[C@H]2c2ccc(F)c(F)c2)n1. The zero-order valence-electron chi connectivity index (χ0n) is 20.3. The lowest BCUT2D eigenvalue weighted by atomic mass is 10.0. The Morgan fingerprint density at radius 1 is 1.17 bits per heavy atom. The van der Waals surface area contributed by atoms with Crippen molar-refractivity contribution in [3.05, 3.63) is 41.1 Å². The number of rotatable bonds is 15. The maximum absolute atomic E-state index is 13.7. The number of halogens is 2. The van der Waals surface area contributed by atoms with Gasteiger partial charge in [-0.2, -0.15) is 5.11 Å². The molecule has 4 N–H and O–H groups in total. The van der Waals surface area contributed by atoms with E-state index in [0.29, 0.717) is 29.5 Å². The number of unbranched alkanes of at least 4 members (excludes halogenated alkanes) is 3. The van der Waals surface area contributed by atoms with Gasteiger partial charge in [0, 0.05) is 17.7 Å². The first-order valence-electron chi connectivity index (χ1n) is 12.3. The van der Waals surface area contributed by atoms with E-state index in [0.717, 1.165) is 61.6 Å². The van der Waals surface area contributed by atoms with Gasteiger partial charge in [0.2, 0.25) is 0 Å². The number of hydrogen-bond donors (Lipinski definition) is 4. The maximum Gasteiger partial charge on any atom is 0.189 e. The molecule has 1 heterocycles. The minimum absolute atomic E-state index is 0.00693. The molecule has 0 saturated heterocycles. The van der Waals surface area contributed by atoms with Crippen LogP contribution in [-0.2, 0) is 6.42 Å². The summed E-state index contributed by atoms with van der Waals surface area (Å²) < 4.78 is 26.9. The van der Waals surface area contributed by atoms with E-state index < -0.39 is 23.8 Å². The molecule has 0 amide bonds. The average molecular weight is 508 g/mol. The molecule has 4 atom stereocenters. The van der Waals surface area contributed by atoms with Crippen molar-refractivity contribution in [3.63, 3.8) is 0 Å². The highest BCUT2D eigenvalue weighted by molar-refractivity contribution is 7.99. The van der Waals surface area contributed by atoms with Crippen molar-refractivity contribution >= 4 is 23.3 Å². The predicted molar refractivity (Wildman–Crippen MR) is 133 cm³/mol. The molecule has 1 saturated carbocycles. The van der Waals surface area contributed by atoms with E-state index in [1.807, 2.05) is 0 Å². The molecule has 10 heteroatoms. The summed E-state index contributed by atoms with van der Waals surface area (Å²) in [6, 6.07) is 4.01. The van der Waals surface area contributed by atoms with Crippen LogP contribution in [0.2, 0.25) is 0 Å². The van der Waals surface area contributed by atoms with Crippen molar-refractivity contribution in [2.75, 3.05) is 11.1 Å². The fourth-order valence-electron chi connectivity index (χ4n) is 4.01. The first-order valence-corrected chi connectivity index (χ1v) is 13.3. The summed E-state index contributed by atoms with van der Waals surface area (Å²) in [5, 5.41) is 26.8. The Morgan fingerprint density at radius 2 is 1.94 bits per heavy atom. The smallest absolute Gasteiger partial charge is 0.189 e. The zero-order chi connectivity index (χ0) is 25.4. The van der Waals surface area contributed by atoms with E-state index >= 15 is 0 Å². The van der Waals surface area contributed by atoms with Gasteiger partial charge in [0.25, 0.3) is 0 Å². The van der Waals surface area contributed by atoms with Gasteiger partial charge < -0.3 is 15.5 Å². The molecule has 0 radical (unpaired) electrons. The van der Waals surface area contributed by atoms with Gasteiger partial charge in [-0.05, 0) is 56.7 Å². The van der Waals surface area contributed by atoms with Gasteiger partial charge in [-0.1, -0.05) is 44.0 Å². The van der Waals surface area contributed by atoms with Gasteiger partial charge in [0.05, 0.1) is 17.9 Å². The summed E-state index contributed by atoms with van der Waals surface area (Å²) >= 11 is 1.56. The summed E-state index contributed by atoms with van der Waals surface area (Å²) in [6.45, 7) is 3.68. The topological polar surface area (TPSA) is 114 Å². The van der Waals surface area contributed by atoms with Gasteiger partial charge >= 0.3 is 0 Å². The van der Waals surface area contributed by atoms with Crippen LogP contribution in [0.25, 0.3) is 0 Å². The highest BCUT2D eigenvalue weighted by atomic mass is 32.2. The lowest BCUT2D eigenvalue weighted by Gasteiger charge is -2.14. The Balaban J connectivity index is 1.65. The van der Waals surface area contributed by atoms with E-state index in [-0.39, 0.29) is 12.0 Å². The summed E-state index contributed by atoms with van der Waals surface area (Å²) in [6.07, 6.45) is 5.15. The van der Waals surface area contributed by atoms with E-state index in [1.54, 1.807) is 24.8 Å². The molecule has 0 unspecified atom stereocenters.